The van der Waals surface area contributed by atoms with Gasteiger partial charge >= 0.3 is 0 Å². The fourth-order valence-corrected chi connectivity index (χ4v) is 4.53. The van der Waals surface area contributed by atoms with Gasteiger partial charge in [-0.1, -0.05) is 30.3 Å². The van der Waals surface area contributed by atoms with Gasteiger partial charge in [0.25, 0.3) is 5.91 Å². The molecule has 9 heteroatoms. The summed E-state index contributed by atoms with van der Waals surface area (Å²) in [6.07, 6.45) is 1.60. The van der Waals surface area contributed by atoms with Crippen molar-refractivity contribution < 1.29 is 9.53 Å². The zero-order chi connectivity index (χ0) is 20.8. The Labute approximate surface area is 204 Å². The van der Waals surface area contributed by atoms with Gasteiger partial charge in [0.05, 0.1) is 12.2 Å². The molecule has 1 atom stereocenters. The lowest BCUT2D eigenvalue weighted by molar-refractivity contribution is -0.142. The van der Waals surface area contributed by atoms with E-state index >= 15 is 0 Å². The summed E-state index contributed by atoms with van der Waals surface area (Å²) in [7, 11) is 0. The summed E-state index contributed by atoms with van der Waals surface area (Å²) in [5.41, 5.74) is 2.12. The van der Waals surface area contributed by atoms with Crippen LogP contribution < -0.4 is 5.32 Å². The van der Waals surface area contributed by atoms with E-state index in [2.05, 4.69) is 34.7 Å². The molecule has 31 heavy (non-hydrogen) atoms. The molecule has 0 aliphatic carbocycles. The predicted octanol–water partition coefficient (Wildman–Crippen LogP) is 3.22. The molecule has 0 bridgehead atoms. The maximum absolute atomic E-state index is 12.6. The number of thiazole rings is 1. The monoisotopic (exact) mass is 555 g/mol. The first-order valence-corrected chi connectivity index (χ1v) is 11.6. The molecule has 2 aliphatic rings. The van der Waals surface area contributed by atoms with Gasteiger partial charge in [0.2, 0.25) is 0 Å². The van der Waals surface area contributed by atoms with Crippen LogP contribution in [0.5, 0.6) is 0 Å². The van der Waals surface area contributed by atoms with Gasteiger partial charge in [-0.05, 0) is 19.8 Å². The lowest BCUT2D eigenvalue weighted by Gasteiger charge is -2.37. The number of benzene rings is 1. The number of nitrogens with one attached hydrogen (secondary N) is 1. The highest BCUT2D eigenvalue weighted by Gasteiger charge is 2.30. The Bertz CT molecular complexity index is 862. The first-order valence-electron chi connectivity index (χ1n) is 10.7. The van der Waals surface area contributed by atoms with Crippen LogP contribution in [0.4, 0.5) is 0 Å². The Morgan fingerprint density at radius 2 is 1.97 bits per heavy atom. The van der Waals surface area contributed by atoms with Crippen molar-refractivity contribution >= 4 is 47.2 Å². The number of nitrogens with zero attached hydrogens (tertiary/aromatic N) is 4. The van der Waals surface area contributed by atoms with Crippen LogP contribution in [-0.4, -0.2) is 72.1 Å². The molecule has 0 radical (unpaired) electrons. The average Bonchev–Trinajstić information content (AvgIpc) is 3.49. The van der Waals surface area contributed by atoms with Crippen LogP contribution in [0.3, 0.4) is 0 Å². The third kappa shape index (κ3) is 6.17. The minimum absolute atomic E-state index is 0. The minimum Gasteiger partial charge on any atom is -0.368 e. The molecular formula is C22H30IN5O2S. The number of hydrogen-bond acceptors (Lipinski definition) is 5. The molecule has 2 aromatic rings. The summed E-state index contributed by atoms with van der Waals surface area (Å²) < 4.78 is 5.56. The molecule has 1 amide bonds. The molecule has 1 N–H and O–H groups in total. The molecule has 2 aliphatic heterocycles. The van der Waals surface area contributed by atoms with Crippen molar-refractivity contribution in [1.29, 1.82) is 0 Å². The average molecular weight is 555 g/mol. The van der Waals surface area contributed by atoms with Crippen LogP contribution in [0.1, 0.15) is 24.8 Å². The van der Waals surface area contributed by atoms with Crippen molar-refractivity contribution in [2.24, 2.45) is 4.99 Å². The van der Waals surface area contributed by atoms with Gasteiger partial charge in [-0.3, -0.25) is 4.79 Å². The van der Waals surface area contributed by atoms with Gasteiger partial charge in [-0.15, -0.1) is 35.3 Å². The van der Waals surface area contributed by atoms with Gasteiger partial charge in [0.1, 0.15) is 11.1 Å². The number of hydrogen-bond donors (Lipinski definition) is 1. The van der Waals surface area contributed by atoms with Gasteiger partial charge < -0.3 is 19.9 Å². The second-order valence-electron chi connectivity index (χ2n) is 7.48. The summed E-state index contributed by atoms with van der Waals surface area (Å²) in [6, 6.07) is 10.2. The molecule has 4 rings (SSSR count). The van der Waals surface area contributed by atoms with E-state index in [-0.39, 0.29) is 36.0 Å². The number of halogens is 1. The second-order valence-corrected chi connectivity index (χ2v) is 8.42. The van der Waals surface area contributed by atoms with E-state index in [1.54, 1.807) is 11.3 Å². The van der Waals surface area contributed by atoms with Crippen molar-refractivity contribution in [1.82, 2.24) is 20.1 Å². The molecule has 1 aromatic heterocycles. The summed E-state index contributed by atoms with van der Waals surface area (Å²) in [5.74, 6) is 1.03. The number of piperazine rings is 1. The highest BCUT2D eigenvalue weighted by atomic mass is 127. The smallest absolute Gasteiger partial charge is 0.251 e. The number of guanidine groups is 1. The van der Waals surface area contributed by atoms with Crippen LogP contribution in [0.2, 0.25) is 0 Å². The molecule has 1 unspecified atom stereocenters. The summed E-state index contributed by atoms with van der Waals surface area (Å²) >= 11 is 1.64. The maximum Gasteiger partial charge on any atom is 0.251 e. The van der Waals surface area contributed by atoms with Gasteiger partial charge in [-0.25, -0.2) is 9.98 Å². The molecule has 168 valence electrons. The fourth-order valence-electron chi connectivity index (χ4n) is 3.81. The van der Waals surface area contributed by atoms with Crippen LogP contribution in [0.15, 0.2) is 40.7 Å². The minimum atomic E-state index is -0.234. The van der Waals surface area contributed by atoms with E-state index in [4.69, 9.17) is 14.7 Å². The molecule has 3 heterocycles. The highest BCUT2D eigenvalue weighted by molar-refractivity contribution is 14.0. The maximum atomic E-state index is 12.6. The fraction of sp³-hybridized carbons (Fsp3) is 0.500. The van der Waals surface area contributed by atoms with Gasteiger partial charge in [0, 0.05) is 50.3 Å². The van der Waals surface area contributed by atoms with Crippen molar-refractivity contribution in [3.63, 3.8) is 0 Å². The Hall–Kier alpha value is -1.72. The standard InChI is InChI=1S/C22H29N5O2S.HI/c1-2-23-22(24-15-20-25-18(16-30-20)17-7-4-3-5-8-17)27-12-10-26(11-13-27)21(28)19-9-6-14-29-19;/h3-5,7-8,16,19H,2,6,9-15H2,1H3,(H,23,24);1H. The first-order chi connectivity index (χ1) is 14.7. The largest absolute Gasteiger partial charge is 0.368 e. The van der Waals surface area contributed by atoms with E-state index in [9.17, 15) is 4.79 Å². The Balaban J connectivity index is 0.00000272. The molecule has 2 fully saturated rings. The van der Waals surface area contributed by atoms with E-state index in [0.29, 0.717) is 26.2 Å². The number of amides is 1. The number of aliphatic imine (C=N–C) groups is 1. The molecule has 0 spiro atoms. The third-order valence-electron chi connectivity index (χ3n) is 5.42. The quantitative estimate of drug-likeness (QED) is 0.349. The van der Waals surface area contributed by atoms with E-state index in [0.717, 1.165) is 54.7 Å². The van der Waals surface area contributed by atoms with E-state index in [1.807, 2.05) is 23.1 Å². The Kier molecular flexibility index (Phi) is 9.09. The zero-order valence-electron chi connectivity index (χ0n) is 17.8. The second kappa shape index (κ2) is 11.8. The SMILES string of the molecule is CCNC(=NCc1nc(-c2ccccc2)cs1)N1CCN(C(=O)C2CCCO2)CC1.I. The van der Waals surface area contributed by atoms with Crippen molar-refractivity contribution in [3.05, 3.63) is 40.7 Å². The van der Waals surface area contributed by atoms with E-state index in [1.165, 1.54) is 0 Å². The number of carbonyl (C=O) groups excluding carboxylic acids is 1. The van der Waals surface area contributed by atoms with Gasteiger partial charge in [0.15, 0.2) is 5.96 Å². The normalized spacial score (nSPS) is 19.3. The zero-order valence-corrected chi connectivity index (χ0v) is 21.0. The summed E-state index contributed by atoms with van der Waals surface area (Å²) in [4.78, 5) is 26.3. The Morgan fingerprint density at radius 3 is 2.65 bits per heavy atom. The molecule has 1 aromatic carbocycles. The van der Waals surface area contributed by atoms with Gasteiger partial charge in [-0.2, -0.15) is 0 Å². The number of carbonyl (C=O) groups is 1. The van der Waals surface area contributed by atoms with Crippen molar-refractivity contribution in [2.75, 3.05) is 39.3 Å². The van der Waals surface area contributed by atoms with Crippen LogP contribution >= 0.6 is 35.3 Å². The number of rotatable bonds is 5. The summed E-state index contributed by atoms with van der Waals surface area (Å²) in [5, 5.41) is 6.47. The number of aromatic nitrogens is 1. The lowest BCUT2D eigenvalue weighted by atomic mass is 10.2. The topological polar surface area (TPSA) is 70.1 Å². The van der Waals surface area contributed by atoms with Crippen LogP contribution in [0, 0.1) is 0 Å². The molecule has 0 saturated carbocycles. The molecule has 7 nitrogen and oxygen atoms in total. The summed E-state index contributed by atoms with van der Waals surface area (Å²) in [6.45, 7) is 7.10. The highest BCUT2D eigenvalue weighted by Crippen LogP contribution is 2.22. The number of ether oxygens (including phenoxy) is 1. The third-order valence-corrected chi connectivity index (χ3v) is 6.25. The van der Waals surface area contributed by atoms with Crippen molar-refractivity contribution in [2.45, 2.75) is 32.4 Å². The Morgan fingerprint density at radius 1 is 1.23 bits per heavy atom. The lowest BCUT2D eigenvalue weighted by Crippen LogP contribution is -2.55. The van der Waals surface area contributed by atoms with Crippen molar-refractivity contribution in [3.8, 4) is 11.3 Å². The first kappa shape index (κ1) is 23.9. The van der Waals surface area contributed by atoms with E-state index < -0.39 is 0 Å². The van der Waals surface area contributed by atoms with Crippen LogP contribution in [-0.2, 0) is 16.1 Å². The molecular weight excluding hydrogens is 525 g/mol. The van der Waals surface area contributed by atoms with Crippen LogP contribution in [0.25, 0.3) is 11.3 Å². The predicted molar refractivity (Wildman–Crippen MR) is 135 cm³/mol. The molecule has 2 saturated heterocycles.